The molecule has 1 aliphatic carbocycles. The number of sulfone groups is 1. The Hall–Kier alpha value is -0.910. The zero-order valence-electron chi connectivity index (χ0n) is 11.3. The Morgan fingerprint density at radius 1 is 1.32 bits per heavy atom. The van der Waals surface area contributed by atoms with Gasteiger partial charge in [0.1, 0.15) is 0 Å². The SMILES string of the molecule is CCc1ccc([C@@H]2[C@H](S(C)(=O)=O)[C@@]2(CN)CO)cc1. The fraction of sp³-hybridized carbons (Fsp3) is 0.571. The van der Waals surface area contributed by atoms with E-state index in [2.05, 4.69) is 6.92 Å². The Morgan fingerprint density at radius 3 is 2.21 bits per heavy atom. The van der Waals surface area contributed by atoms with Crippen LogP contribution in [0.25, 0.3) is 0 Å². The lowest BCUT2D eigenvalue weighted by atomic mass is 9.99. The molecule has 3 N–H and O–H groups in total. The van der Waals surface area contributed by atoms with Crippen molar-refractivity contribution in [3.8, 4) is 0 Å². The number of hydrogen-bond acceptors (Lipinski definition) is 4. The van der Waals surface area contributed by atoms with Gasteiger partial charge < -0.3 is 10.8 Å². The van der Waals surface area contributed by atoms with E-state index in [4.69, 9.17) is 5.73 Å². The summed E-state index contributed by atoms with van der Waals surface area (Å²) in [6, 6.07) is 7.92. The highest BCUT2D eigenvalue weighted by Gasteiger charge is 2.68. The van der Waals surface area contributed by atoms with Gasteiger partial charge in [0, 0.05) is 24.1 Å². The van der Waals surface area contributed by atoms with Crippen LogP contribution in [-0.2, 0) is 16.3 Å². The monoisotopic (exact) mass is 283 g/mol. The van der Waals surface area contributed by atoms with Crippen molar-refractivity contribution >= 4 is 9.84 Å². The molecule has 0 heterocycles. The normalized spacial score (nSPS) is 30.3. The third-order valence-corrected chi connectivity index (χ3v) is 5.93. The summed E-state index contributed by atoms with van der Waals surface area (Å²) in [6.07, 6.45) is 2.17. The van der Waals surface area contributed by atoms with Crippen molar-refractivity contribution in [2.24, 2.45) is 11.1 Å². The fourth-order valence-corrected chi connectivity index (χ4v) is 5.10. The molecule has 4 nitrogen and oxygen atoms in total. The summed E-state index contributed by atoms with van der Waals surface area (Å²) in [5.41, 5.74) is 7.18. The first-order chi connectivity index (χ1) is 8.90. The smallest absolute Gasteiger partial charge is 0.151 e. The van der Waals surface area contributed by atoms with Gasteiger partial charge in [0.25, 0.3) is 0 Å². The zero-order chi connectivity index (χ0) is 14.3. The van der Waals surface area contributed by atoms with E-state index in [1.807, 2.05) is 24.3 Å². The Labute approximate surface area is 114 Å². The van der Waals surface area contributed by atoms with Crippen molar-refractivity contribution in [1.82, 2.24) is 0 Å². The van der Waals surface area contributed by atoms with Crippen LogP contribution < -0.4 is 5.73 Å². The molecule has 106 valence electrons. The molecule has 1 aromatic rings. The molecule has 0 bridgehead atoms. The molecule has 3 atom stereocenters. The summed E-state index contributed by atoms with van der Waals surface area (Å²) in [5, 5.41) is 9.01. The van der Waals surface area contributed by atoms with Gasteiger partial charge in [0.15, 0.2) is 9.84 Å². The van der Waals surface area contributed by atoms with Gasteiger partial charge in [0.2, 0.25) is 0 Å². The van der Waals surface area contributed by atoms with Crippen molar-refractivity contribution in [2.75, 3.05) is 19.4 Å². The van der Waals surface area contributed by atoms with Crippen LogP contribution in [0.15, 0.2) is 24.3 Å². The Bertz CT molecular complexity index is 547. The van der Waals surface area contributed by atoms with Crippen LogP contribution in [0.1, 0.15) is 24.0 Å². The summed E-state index contributed by atoms with van der Waals surface area (Å²) in [6.45, 7) is 2.06. The summed E-state index contributed by atoms with van der Waals surface area (Å²) in [4.78, 5) is 0. The minimum absolute atomic E-state index is 0.182. The average Bonchev–Trinajstić information content (AvgIpc) is 3.09. The number of nitrogens with two attached hydrogens (primary N) is 1. The van der Waals surface area contributed by atoms with Crippen LogP contribution in [-0.4, -0.2) is 38.2 Å². The molecule has 0 spiro atoms. The van der Waals surface area contributed by atoms with Crippen LogP contribution >= 0.6 is 0 Å². The highest BCUT2D eigenvalue weighted by atomic mass is 32.2. The van der Waals surface area contributed by atoms with Gasteiger partial charge >= 0.3 is 0 Å². The lowest BCUT2D eigenvalue weighted by Crippen LogP contribution is -2.27. The maximum atomic E-state index is 11.9. The van der Waals surface area contributed by atoms with Crippen molar-refractivity contribution in [3.63, 3.8) is 0 Å². The number of aliphatic hydroxyl groups excluding tert-OH is 1. The van der Waals surface area contributed by atoms with Crippen LogP contribution in [0, 0.1) is 5.41 Å². The molecule has 19 heavy (non-hydrogen) atoms. The number of rotatable bonds is 5. The molecule has 0 aliphatic heterocycles. The molecule has 0 radical (unpaired) electrons. The summed E-state index contributed by atoms with van der Waals surface area (Å²) >= 11 is 0. The lowest BCUT2D eigenvalue weighted by molar-refractivity contribution is 0.212. The summed E-state index contributed by atoms with van der Waals surface area (Å²) in [5.74, 6) is -0.191. The van der Waals surface area contributed by atoms with Crippen LogP contribution in [0.2, 0.25) is 0 Å². The highest BCUT2D eigenvalue weighted by Crippen LogP contribution is 2.61. The third-order valence-electron chi connectivity index (χ3n) is 4.26. The Balaban J connectivity index is 2.37. The second kappa shape index (κ2) is 4.89. The van der Waals surface area contributed by atoms with Gasteiger partial charge in [-0.2, -0.15) is 0 Å². The quantitative estimate of drug-likeness (QED) is 0.833. The number of benzene rings is 1. The zero-order valence-corrected chi connectivity index (χ0v) is 12.2. The maximum Gasteiger partial charge on any atom is 0.151 e. The van der Waals surface area contributed by atoms with Gasteiger partial charge in [-0.15, -0.1) is 0 Å². The predicted octanol–water partition coefficient (Wildman–Crippen LogP) is 0.697. The first kappa shape index (κ1) is 14.5. The van der Waals surface area contributed by atoms with E-state index in [1.54, 1.807) is 0 Å². The van der Waals surface area contributed by atoms with Crippen molar-refractivity contribution in [2.45, 2.75) is 24.5 Å². The van der Waals surface area contributed by atoms with Crippen molar-refractivity contribution in [3.05, 3.63) is 35.4 Å². The average molecular weight is 283 g/mol. The molecule has 1 saturated carbocycles. The lowest BCUT2D eigenvalue weighted by Gasteiger charge is -2.11. The van der Waals surface area contributed by atoms with E-state index < -0.39 is 20.5 Å². The van der Waals surface area contributed by atoms with Gasteiger partial charge in [-0.25, -0.2) is 8.42 Å². The molecule has 0 unspecified atom stereocenters. The molecular weight excluding hydrogens is 262 g/mol. The molecule has 1 aliphatic rings. The molecule has 2 rings (SSSR count). The first-order valence-corrected chi connectivity index (χ1v) is 8.44. The standard InChI is InChI=1S/C14H21NO3S/c1-3-10-4-6-11(7-5-10)12-13(19(2,17)18)14(12,8-15)9-16/h4-7,12-13,16H,3,8-9,15H2,1-2H3/t12-,13+,14+/m1/s1. The van der Waals surface area contributed by atoms with E-state index in [9.17, 15) is 13.5 Å². The van der Waals surface area contributed by atoms with Crippen LogP contribution in [0.4, 0.5) is 0 Å². The van der Waals surface area contributed by atoms with Crippen molar-refractivity contribution < 1.29 is 13.5 Å². The minimum Gasteiger partial charge on any atom is -0.396 e. The van der Waals surface area contributed by atoms with Gasteiger partial charge in [-0.3, -0.25) is 0 Å². The molecule has 5 heteroatoms. The van der Waals surface area contributed by atoms with Crippen LogP contribution in [0.3, 0.4) is 0 Å². The molecular formula is C14H21NO3S. The Morgan fingerprint density at radius 2 is 1.89 bits per heavy atom. The topological polar surface area (TPSA) is 80.4 Å². The van der Waals surface area contributed by atoms with E-state index in [1.165, 1.54) is 11.8 Å². The maximum absolute atomic E-state index is 11.9. The number of hydrogen-bond donors (Lipinski definition) is 2. The molecule has 1 aromatic carbocycles. The van der Waals surface area contributed by atoms with Gasteiger partial charge in [-0.05, 0) is 17.5 Å². The van der Waals surface area contributed by atoms with Gasteiger partial charge in [0.05, 0.1) is 11.9 Å². The number of aryl methyl sites for hydroxylation is 1. The molecule has 0 saturated heterocycles. The van der Waals surface area contributed by atoms with Crippen molar-refractivity contribution in [1.29, 1.82) is 0 Å². The largest absolute Gasteiger partial charge is 0.396 e. The van der Waals surface area contributed by atoms with E-state index >= 15 is 0 Å². The van der Waals surface area contributed by atoms with E-state index in [0.717, 1.165) is 12.0 Å². The van der Waals surface area contributed by atoms with Gasteiger partial charge in [-0.1, -0.05) is 31.2 Å². The van der Waals surface area contributed by atoms with Crippen LogP contribution in [0.5, 0.6) is 0 Å². The first-order valence-electron chi connectivity index (χ1n) is 6.49. The fourth-order valence-electron chi connectivity index (χ4n) is 3.09. The molecule has 0 aromatic heterocycles. The second-order valence-corrected chi connectivity index (χ2v) is 7.59. The predicted molar refractivity (Wildman–Crippen MR) is 75.8 cm³/mol. The molecule has 0 amide bonds. The van der Waals surface area contributed by atoms with E-state index in [0.29, 0.717) is 0 Å². The third kappa shape index (κ3) is 2.30. The minimum atomic E-state index is -3.21. The van der Waals surface area contributed by atoms with E-state index in [-0.39, 0.29) is 19.1 Å². The summed E-state index contributed by atoms with van der Waals surface area (Å²) < 4.78 is 23.7. The summed E-state index contributed by atoms with van der Waals surface area (Å²) in [7, 11) is -3.21. The highest BCUT2D eigenvalue weighted by molar-refractivity contribution is 7.91. The second-order valence-electron chi connectivity index (χ2n) is 5.42. The number of aliphatic hydroxyl groups is 1. The Kier molecular flexibility index (Phi) is 3.73. The molecule has 1 fully saturated rings.